The van der Waals surface area contributed by atoms with Crippen molar-refractivity contribution in [2.24, 2.45) is 5.41 Å². The number of nitrogen functional groups attached to an aromatic ring is 1. The van der Waals surface area contributed by atoms with E-state index in [1.165, 1.54) is 0 Å². The summed E-state index contributed by atoms with van der Waals surface area (Å²) in [6.45, 7) is 8.31. The summed E-state index contributed by atoms with van der Waals surface area (Å²) in [5.74, 6) is 0.595. The summed E-state index contributed by atoms with van der Waals surface area (Å²) in [5, 5.41) is 3.17. The molecule has 0 bridgehead atoms. The van der Waals surface area contributed by atoms with Crippen LogP contribution in [0.1, 0.15) is 33.6 Å². The van der Waals surface area contributed by atoms with Gasteiger partial charge in [-0.15, -0.1) is 0 Å². The Hall–Kier alpha value is -1.63. The maximum atomic E-state index is 5.65. The standard InChI is InChI=1S/C13H25N5O2/c1-5-7-20-12-17-10(14)16-11(18-12)15-9-13(2,3)6-8-19-4/h5-9H2,1-4H3,(H3,14,15,16,17,18). The summed E-state index contributed by atoms with van der Waals surface area (Å²) < 4.78 is 10.5. The summed E-state index contributed by atoms with van der Waals surface area (Å²) in [5.41, 5.74) is 5.72. The molecule has 0 fully saturated rings. The van der Waals surface area contributed by atoms with Crippen molar-refractivity contribution in [1.29, 1.82) is 0 Å². The third-order valence-electron chi connectivity index (χ3n) is 2.78. The number of rotatable bonds is 9. The highest BCUT2D eigenvalue weighted by Crippen LogP contribution is 2.20. The van der Waals surface area contributed by atoms with Crippen molar-refractivity contribution < 1.29 is 9.47 Å². The normalized spacial score (nSPS) is 11.4. The van der Waals surface area contributed by atoms with E-state index in [1.807, 2.05) is 6.92 Å². The lowest BCUT2D eigenvalue weighted by Gasteiger charge is -2.24. The zero-order valence-electron chi connectivity index (χ0n) is 12.8. The molecule has 7 heteroatoms. The molecule has 0 amide bonds. The first-order chi connectivity index (χ1) is 9.46. The van der Waals surface area contributed by atoms with Gasteiger partial charge >= 0.3 is 6.01 Å². The van der Waals surface area contributed by atoms with Crippen LogP contribution in [-0.2, 0) is 4.74 Å². The summed E-state index contributed by atoms with van der Waals surface area (Å²) in [6, 6.07) is 0.261. The zero-order valence-corrected chi connectivity index (χ0v) is 12.8. The molecule has 114 valence electrons. The number of anilines is 2. The third kappa shape index (κ3) is 6.01. The monoisotopic (exact) mass is 283 g/mol. The minimum absolute atomic E-state index is 0.0713. The minimum Gasteiger partial charge on any atom is -0.463 e. The van der Waals surface area contributed by atoms with Gasteiger partial charge in [-0.05, 0) is 18.3 Å². The van der Waals surface area contributed by atoms with Crippen molar-refractivity contribution in [3.63, 3.8) is 0 Å². The first kappa shape index (κ1) is 16.4. The fourth-order valence-electron chi connectivity index (χ4n) is 1.49. The van der Waals surface area contributed by atoms with E-state index in [4.69, 9.17) is 15.2 Å². The topological polar surface area (TPSA) is 95.2 Å². The van der Waals surface area contributed by atoms with Gasteiger partial charge in [0, 0.05) is 20.3 Å². The van der Waals surface area contributed by atoms with Gasteiger partial charge < -0.3 is 20.5 Å². The number of hydrogen-bond acceptors (Lipinski definition) is 7. The van der Waals surface area contributed by atoms with Gasteiger partial charge in [0.2, 0.25) is 11.9 Å². The molecule has 0 spiro atoms. The molecule has 1 rings (SSSR count). The Morgan fingerprint density at radius 3 is 2.60 bits per heavy atom. The van der Waals surface area contributed by atoms with Crippen LogP contribution in [0.4, 0.5) is 11.9 Å². The van der Waals surface area contributed by atoms with Gasteiger partial charge in [-0.3, -0.25) is 0 Å². The number of ether oxygens (including phenoxy) is 2. The average molecular weight is 283 g/mol. The van der Waals surface area contributed by atoms with Crippen LogP contribution in [-0.4, -0.2) is 41.8 Å². The van der Waals surface area contributed by atoms with Gasteiger partial charge in [-0.2, -0.15) is 15.0 Å². The third-order valence-corrected chi connectivity index (χ3v) is 2.78. The summed E-state index contributed by atoms with van der Waals surface area (Å²) >= 11 is 0. The molecule has 0 saturated carbocycles. The van der Waals surface area contributed by atoms with Crippen molar-refractivity contribution in [3.05, 3.63) is 0 Å². The zero-order chi connectivity index (χ0) is 15.0. The molecule has 0 saturated heterocycles. The van der Waals surface area contributed by atoms with Gasteiger partial charge in [0.05, 0.1) is 6.61 Å². The highest BCUT2D eigenvalue weighted by atomic mass is 16.5. The molecule has 1 aromatic rings. The van der Waals surface area contributed by atoms with Gasteiger partial charge in [0.25, 0.3) is 0 Å². The molecular formula is C13H25N5O2. The quantitative estimate of drug-likeness (QED) is 0.712. The van der Waals surface area contributed by atoms with E-state index in [1.54, 1.807) is 7.11 Å². The van der Waals surface area contributed by atoms with Gasteiger partial charge in [0.1, 0.15) is 0 Å². The van der Waals surface area contributed by atoms with Crippen LogP contribution in [0.15, 0.2) is 0 Å². The van der Waals surface area contributed by atoms with Crippen molar-refractivity contribution in [3.8, 4) is 6.01 Å². The summed E-state index contributed by atoms with van der Waals surface area (Å²) in [6.07, 6.45) is 1.83. The van der Waals surface area contributed by atoms with Crippen molar-refractivity contribution >= 4 is 11.9 Å². The lowest BCUT2D eigenvalue weighted by atomic mass is 9.90. The second-order valence-electron chi connectivity index (χ2n) is 5.41. The van der Waals surface area contributed by atoms with E-state index in [2.05, 4.69) is 34.1 Å². The van der Waals surface area contributed by atoms with Crippen molar-refractivity contribution in [2.45, 2.75) is 33.6 Å². The molecule has 1 aromatic heterocycles. The molecule has 1 heterocycles. The van der Waals surface area contributed by atoms with E-state index in [0.717, 1.165) is 19.4 Å². The molecule has 0 aliphatic carbocycles. The molecule has 0 aliphatic rings. The number of hydrogen-bond donors (Lipinski definition) is 2. The molecule has 0 aromatic carbocycles. The van der Waals surface area contributed by atoms with Crippen molar-refractivity contribution in [1.82, 2.24) is 15.0 Å². The highest BCUT2D eigenvalue weighted by Gasteiger charge is 2.18. The average Bonchev–Trinajstić information content (AvgIpc) is 2.40. The predicted molar refractivity (Wildman–Crippen MR) is 78.8 cm³/mol. The second-order valence-corrected chi connectivity index (χ2v) is 5.41. The number of methoxy groups -OCH3 is 1. The van der Waals surface area contributed by atoms with Crippen LogP contribution in [0, 0.1) is 5.41 Å². The molecule has 0 aliphatic heterocycles. The van der Waals surface area contributed by atoms with Crippen LogP contribution in [0.25, 0.3) is 0 Å². The maximum Gasteiger partial charge on any atom is 0.323 e. The van der Waals surface area contributed by atoms with E-state index in [-0.39, 0.29) is 17.4 Å². The lowest BCUT2D eigenvalue weighted by Crippen LogP contribution is -2.25. The molecule has 20 heavy (non-hydrogen) atoms. The van der Waals surface area contributed by atoms with Gasteiger partial charge in [-0.25, -0.2) is 0 Å². The Bertz CT molecular complexity index is 412. The van der Waals surface area contributed by atoms with E-state index < -0.39 is 0 Å². The fourth-order valence-corrected chi connectivity index (χ4v) is 1.49. The molecule has 7 nitrogen and oxygen atoms in total. The fraction of sp³-hybridized carbons (Fsp3) is 0.769. The van der Waals surface area contributed by atoms with E-state index in [0.29, 0.717) is 19.1 Å². The van der Waals surface area contributed by atoms with E-state index >= 15 is 0 Å². The van der Waals surface area contributed by atoms with Gasteiger partial charge in [-0.1, -0.05) is 20.8 Å². The van der Waals surface area contributed by atoms with Gasteiger partial charge in [0.15, 0.2) is 0 Å². The Kier molecular flexibility index (Phi) is 6.44. The maximum absolute atomic E-state index is 5.65. The predicted octanol–water partition coefficient (Wildman–Crippen LogP) is 1.72. The van der Waals surface area contributed by atoms with Crippen LogP contribution >= 0.6 is 0 Å². The summed E-state index contributed by atoms with van der Waals surface area (Å²) in [4.78, 5) is 12.2. The minimum atomic E-state index is 0.0713. The number of nitrogens with zero attached hydrogens (tertiary/aromatic N) is 3. The Morgan fingerprint density at radius 1 is 1.20 bits per heavy atom. The van der Waals surface area contributed by atoms with Crippen molar-refractivity contribution in [2.75, 3.05) is 37.9 Å². The second kappa shape index (κ2) is 7.84. The smallest absolute Gasteiger partial charge is 0.323 e. The molecular weight excluding hydrogens is 258 g/mol. The number of nitrogens with one attached hydrogen (secondary N) is 1. The first-order valence-electron chi connectivity index (χ1n) is 6.84. The summed E-state index contributed by atoms with van der Waals surface area (Å²) in [7, 11) is 1.70. The Labute approximate surface area is 120 Å². The van der Waals surface area contributed by atoms with Crippen LogP contribution < -0.4 is 15.8 Å². The Balaban J connectivity index is 2.60. The van der Waals surface area contributed by atoms with Crippen LogP contribution in [0.5, 0.6) is 6.01 Å². The Morgan fingerprint density at radius 2 is 1.95 bits per heavy atom. The SMILES string of the molecule is CCCOc1nc(N)nc(NCC(C)(C)CCOC)n1. The number of nitrogens with two attached hydrogens (primary N) is 1. The van der Waals surface area contributed by atoms with Crippen LogP contribution in [0.3, 0.4) is 0 Å². The first-order valence-corrected chi connectivity index (χ1v) is 6.84. The molecule has 0 radical (unpaired) electrons. The lowest BCUT2D eigenvalue weighted by molar-refractivity contribution is 0.157. The molecule has 0 atom stereocenters. The molecule has 0 unspecified atom stereocenters. The number of aromatic nitrogens is 3. The highest BCUT2D eigenvalue weighted by molar-refractivity contribution is 5.32. The molecule has 3 N–H and O–H groups in total. The van der Waals surface area contributed by atoms with E-state index in [9.17, 15) is 0 Å². The van der Waals surface area contributed by atoms with Crippen LogP contribution in [0.2, 0.25) is 0 Å². The largest absolute Gasteiger partial charge is 0.463 e.